The van der Waals surface area contributed by atoms with Crippen molar-refractivity contribution >= 4 is 27.0 Å². The Morgan fingerprint density at radius 2 is 1.86 bits per heavy atom. The van der Waals surface area contributed by atoms with Crippen LogP contribution >= 0.6 is 0 Å². The molecule has 0 atom stereocenters. The fraction of sp³-hybridized carbons (Fsp3) is 0.481. The minimum atomic E-state index is -3.54. The Hall–Kier alpha value is -2.71. The van der Waals surface area contributed by atoms with Gasteiger partial charge in [-0.25, -0.2) is 18.1 Å². The predicted octanol–water partition coefficient (Wildman–Crippen LogP) is 5.29. The number of nitrogens with one attached hydrogen (secondary N) is 2. The molecule has 3 aromatic rings. The third-order valence-electron chi connectivity index (χ3n) is 6.57. The van der Waals surface area contributed by atoms with E-state index in [4.69, 9.17) is 4.42 Å². The maximum absolute atomic E-state index is 12.9. The van der Waals surface area contributed by atoms with Crippen LogP contribution in [0.25, 0.3) is 22.4 Å². The van der Waals surface area contributed by atoms with Crippen LogP contribution < -0.4 is 10.0 Å². The molecule has 2 N–H and O–H groups in total. The molecule has 1 aliphatic carbocycles. The Bertz CT molecular complexity index is 1290. The molecule has 1 aliphatic rings. The number of benzene rings is 1. The van der Waals surface area contributed by atoms with Crippen LogP contribution in [-0.2, 0) is 22.2 Å². The molecule has 0 unspecified atom stereocenters. The number of nitrogens with zero attached hydrogens (tertiary/aromatic N) is 1. The monoisotopic (exact) mass is 497 g/mol. The first-order valence-corrected chi connectivity index (χ1v) is 14.3. The van der Waals surface area contributed by atoms with Gasteiger partial charge in [-0.2, -0.15) is 0 Å². The Kier molecular flexibility index (Phi) is 7.91. The molecule has 0 spiro atoms. The highest BCUT2D eigenvalue weighted by molar-refractivity contribution is 7.88. The van der Waals surface area contributed by atoms with Crippen LogP contribution in [0.15, 0.2) is 34.7 Å². The van der Waals surface area contributed by atoms with E-state index in [2.05, 4.69) is 28.9 Å². The van der Waals surface area contributed by atoms with Crippen LogP contribution in [0.4, 0.5) is 0 Å². The first-order valence-electron chi connectivity index (χ1n) is 12.6. The Balaban J connectivity index is 1.72. The van der Waals surface area contributed by atoms with Crippen molar-refractivity contribution in [3.05, 3.63) is 52.7 Å². The lowest BCUT2D eigenvalue weighted by Crippen LogP contribution is -2.27. The van der Waals surface area contributed by atoms with Crippen LogP contribution in [0.3, 0.4) is 0 Å². The summed E-state index contributed by atoms with van der Waals surface area (Å²) in [6.45, 7) is 4.65. The molecule has 8 heteroatoms. The van der Waals surface area contributed by atoms with Gasteiger partial charge in [-0.1, -0.05) is 57.4 Å². The number of sulfonamides is 1. The van der Waals surface area contributed by atoms with Crippen LogP contribution in [-0.4, -0.2) is 32.9 Å². The van der Waals surface area contributed by atoms with Crippen LogP contribution in [0.1, 0.15) is 85.5 Å². The van der Waals surface area contributed by atoms with Crippen molar-refractivity contribution < 1.29 is 17.6 Å². The van der Waals surface area contributed by atoms with Gasteiger partial charge in [-0.05, 0) is 48.8 Å². The first-order chi connectivity index (χ1) is 16.9. The second kappa shape index (κ2) is 10.9. The lowest BCUT2D eigenvalue weighted by molar-refractivity contribution is 0.0964. The third-order valence-corrected chi connectivity index (χ3v) is 7.87. The standard InChI is InChI=1S/C27H35N3O4S/c1-4-6-7-8-15-29-35(32,33)17-23-21(19-13-14-19)16-22-24(26(31)28-3)25(34-27(22)30-23)20-11-9-18(5-2)10-12-20/h9-12,16,19,29H,4-8,13-15,17H2,1-3H3,(H,28,31). The van der Waals surface area contributed by atoms with Gasteiger partial charge in [-0.15, -0.1) is 0 Å². The van der Waals surface area contributed by atoms with Gasteiger partial charge in [0.1, 0.15) is 11.5 Å². The maximum atomic E-state index is 12.9. The van der Waals surface area contributed by atoms with Gasteiger partial charge >= 0.3 is 0 Å². The molecule has 7 nitrogen and oxygen atoms in total. The molecule has 2 aromatic heterocycles. The molecule has 0 bridgehead atoms. The van der Waals surface area contributed by atoms with Crippen LogP contribution in [0.2, 0.25) is 0 Å². The van der Waals surface area contributed by atoms with Gasteiger partial charge in [0.25, 0.3) is 5.91 Å². The van der Waals surface area contributed by atoms with Gasteiger partial charge in [0.2, 0.25) is 15.7 Å². The van der Waals surface area contributed by atoms with Gasteiger partial charge < -0.3 is 9.73 Å². The van der Waals surface area contributed by atoms with E-state index in [0.29, 0.717) is 28.9 Å². The highest BCUT2D eigenvalue weighted by Gasteiger charge is 2.31. The van der Waals surface area contributed by atoms with E-state index in [1.165, 1.54) is 5.56 Å². The number of aryl methyl sites for hydroxylation is 1. The van der Waals surface area contributed by atoms with E-state index >= 15 is 0 Å². The molecule has 1 aromatic carbocycles. The minimum absolute atomic E-state index is 0.195. The zero-order valence-electron chi connectivity index (χ0n) is 20.8. The zero-order valence-corrected chi connectivity index (χ0v) is 21.6. The van der Waals surface area contributed by atoms with Crippen molar-refractivity contribution in [1.82, 2.24) is 15.0 Å². The molecular weight excluding hydrogens is 462 g/mol. The lowest BCUT2D eigenvalue weighted by atomic mass is 10.0. The maximum Gasteiger partial charge on any atom is 0.255 e. The molecule has 1 saturated carbocycles. The topological polar surface area (TPSA) is 101 Å². The summed E-state index contributed by atoms with van der Waals surface area (Å²) in [4.78, 5) is 17.6. The van der Waals surface area contributed by atoms with E-state index in [9.17, 15) is 13.2 Å². The predicted molar refractivity (Wildman–Crippen MR) is 139 cm³/mol. The van der Waals surface area contributed by atoms with Crippen LogP contribution in [0.5, 0.6) is 0 Å². The highest BCUT2D eigenvalue weighted by Crippen LogP contribution is 2.44. The summed E-state index contributed by atoms with van der Waals surface area (Å²) in [6.07, 6.45) is 6.93. The van der Waals surface area contributed by atoms with Crippen molar-refractivity contribution in [3.8, 4) is 11.3 Å². The summed E-state index contributed by atoms with van der Waals surface area (Å²) in [6, 6.07) is 9.84. The Labute approximate surface area is 207 Å². The van der Waals surface area contributed by atoms with Gasteiger partial charge in [-0.3, -0.25) is 4.79 Å². The normalized spacial score (nSPS) is 13.9. The van der Waals surface area contributed by atoms with Gasteiger partial charge in [0.05, 0.1) is 16.6 Å². The highest BCUT2D eigenvalue weighted by atomic mass is 32.2. The van der Waals surface area contributed by atoms with E-state index < -0.39 is 10.0 Å². The molecule has 2 heterocycles. The summed E-state index contributed by atoms with van der Waals surface area (Å²) < 4.78 is 34.5. The largest absolute Gasteiger partial charge is 0.437 e. The quantitative estimate of drug-likeness (QED) is 0.331. The fourth-order valence-electron chi connectivity index (χ4n) is 4.39. The average Bonchev–Trinajstić information content (AvgIpc) is 3.63. The van der Waals surface area contributed by atoms with Crippen LogP contribution in [0, 0.1) is 0 Å². The van der Waals surface area contributed by atoms with Crippen molar-refractivity contribution in [2.75, 3.05) is 13.6 Å². The molecule has 35 heavy (non-hydrogen) atoms. The summed E-state index contributed by atoms with van der Waals surface area (Å²) >= 11 is 0. The molecule has 1 fully saturated rings. The number of rotatable bonds is 12. The number of hydrogen-bond acceptors (Lipinski definition) is 5. The Morgan fingerprint density at radius 3 is 2.49 bits per heavy atom. The molecule has 188 valence electrons. The molecule has 1 amide bonds. The smallest absolute Gasteiger partial charge is 0.255 e. The number of hydrogen-bond donors (Lipinski definition) is 2. The summed E-state index contributed by atoms with van der Waals surface area (Å²) in [7, 11) is -1.95. The average molecular weight is 498 g/mol. The van der Waals surface area contributed by atoms with Gasteiger partial charge in [0.15, 0.2) is 0 Å². The van der Waals surface area contributed by atoms with E-state index in [1.807, 2.05) is 30.3 Å². The molecule has 0 saturated heterocycles. The number of carbonyl (C=O) groups excluding carboxylic acids is 1. The second-order valence-electron chi connectivity index (χ2n) is 9.30. The molecule has 0 radical (unpaired) electrons. The summed E-state index contributed by atoms with van der Waals surface area (Å²) in [5, 5.41) is 3.33. The van der Waals surface area contributed by atoms with E-state index in [-0.39, 0.29) is 23.3 Å². The number of unbranched alkanes of at least 4 members (excludes halogenated alkanes) is 3. The van der Waals surface area contributed by atoms with Crippen molar-refractivity contribution in [1.29, 1.82) is 0 Å². The van der Waals surface area contributed by atoms with Crippen molar-refractivity contribution in [3.63, 3.8) is 0 Å². The van der Waals surface area contributed by atoms with Crippen molar-refractivity contribution in [2.24, 2.45) is 0 Å². The van der Waals surface area contributed by atoms with Crippen molar-refractivity contribution in [2.45, 2.75) is 70.5 Å². The number of aromatic nitrogens is 1. The second-order valence-corrected chi connectivity index (χ2v) is 11.1. The molecule has 4 rings (SSSR count). The summed E-state index contributed by atoms with van der Waals surface area (Å²) in [5.41, 5.74) is 4.10. The Morgan fingerprint density at radius 1 is 1.11 bits per heavy atom. The van der Waals surface area contributed by atoms with E-state index in [0.717, 1.165) is 56.1 Å². The third kappa shape index (κ3) is 5.93. The van der Waals surface area contributed by atoms with E-state index in [1.54, 1.807) is 7.05 Å². The number of pyridine rings is 1. The zero-order chi connectivity index (χ0) is 25.0. The number of fused-ring (bicyclic) bond motifs is 1. The first kappa shape index (κ1) is 25.4. The lowest BCUT2D eigenvalue weighted by Gasteiger charge is -2.10. The minimum Gasteiger partial charge on any atom is -0.437 e. The van der Waals surface area contributed by atoms with Gasteiger partial charge in [0, 0.05) is 19.2 Å². The SMILES string of the molecule is CCCCCCNS(=O)(=O)Cc1nc2oc(-c3ccc(CC)cc3)c(C(=O)NC)c2cc1C1CC1. The number of amides is 1. The number of furan rings is 1. The fourth-order valence-corrected chi connectivity index (χ4v) is 5.54. The number of carbonyl (C=O) groups is 1. The summed E-state index contributed by atoms with van der Waals surface area (Å²) in [5.74, 6) is 0.265. The molecule has 0 aliphatic heterocycles. The molecular formula is C27H35N3O4S.